The SMILES string of the molecule is CO[C@H](C(=O)O[C@H](CP(=O)(OC)OC)c1ccccc1OCc1ccccc1)c1ccccc1. The molecule has 0 aliphatic rings. The summed E-state index contributed by atoms with van der Waals surface area (Å²) in [6.45, 7) is 0.315. The number of ether oxygens (including phenoxy) is 3. The molecular weight excluding hydrogens is 455 g/mol. The molecule has 0 N–H and O–H groups in total. The van der Waals surface area contributed by atoms with Crippen molar-refractivity contribution >= 4 is 13.6 Å². The van der Waals surface area contributed by atoms with E-state index >= 15 is 0 Å². The quantitative estimate of drug-likeness (QED) is 0.240. The van der Waals surface area contributed by atoms with Gasteiger partial charge in [0.25, 0.3) is 0 Å². The maximum Gasteiger partial charge on any atom is 0.340 e. The molecule has 8 heteroatoms. The van der Waals surface area contributed by atoms with Crippen LogP contribution in [0.1, 0.15) is 28.9 Å². The smallest absolute Gasteiger partial charge is 0.340 e. The van der Waals surface area contributed by atoms with Gasteiger partial charge < -0.3 is 23.3 Å². The van der Waals surface area contributed by atoms with Crippen molar-refractivity contribution in [1.82, 2.24) is 0 Å². The average molecular weight is 484 g/mol. The number of para-hydroxylation sites is 1. The molecule has 7 nitrogen and oxygen atoms in total. The van der Waals surface area contributed by atoms with E-state index in [1.165, 1.54) is 21.3 Å². The maximum absolute atomic E-state index is 13.2. The normalized spacial score (nSPS) is 13.1. The van der Waals surface area contributed by atoms with Crippen LogP contribution in [-0.2, 0) is 34.5 Å². The summed E-state index contributed by atoms with van der Waals surface area (Å²) in [5, 5.41) is 0. The average Bonchev–Trinajstić information content (AvgIpc) is 2.89. The zero-order valence-corrected chi connectivity index (χ0v) is 20.4. The van der Waals surface area contributed by atoms with Crippen LogP contribution in [0.5, 0.6) is 5.75 Å². The van der Waals surface area contributed by atoms with Gasteiger partial charge >= 0.3 is 13.6 Å². The highest BCUT2D eigenvalue weighted by molar-refractivity contribution is 7.53. The molecule has 0 fully saturated rings. The summed E-state index contributed by atoms with van der Waals surface area (Å²) in [5.41, 5.74) is 2.17. The van der Waals surface area contributed by atoms with Gasteiger partial charge in [-0.1, -0.05) is 78.9 Å². The number of rotatable bonds is 12. The first kappa shape index (κ1) is 25.7. The second kappa shape index (κ2) is 12.5. The van der Waals surface area contributed by atoms with Gasteiger partial charge in [-0.2, -0.15) is 0 Å². The second-order valence-electron chi connectivity index (χ2n) is 7.42. The van der Waals surface area contributed by atoms with E-state index in [-0.39, 0.29) is 6.16 Å². The van der Waals surface area contributed by atoms with Crippen LogP contribution in [0.3, 0.4) is 0 Å². The van der Waals surface area contributed by atoms with Crippen LogP contribution in [0, 0.1) is 0 Å². The van der Waals surface area contributed by atoms with Gasteiger partial charge in [-0.05, 0) is 17.2 Å². The largest absolute Gasteiger partial charge is 0.488 e. The van der Waals surface area contributed by atoms with E-state index in [4.69, 9.17) is 23.3 Å². The van der Waals surface area contributed by atoms with E-state index in [2.05, 4.69) is 0 Å². The molecule has 0 amide bonds. The molecular formula is C26H29O7P. The Hall–Kier alpha value is -2.96. The van der Waals surface area contributed by atoms with Crippen LogP contribution in [0.2, 0.25) is 0 Å². The van der Waals surface area contributed by atoms with Gasteiger partial charge in [0, 0.05) is 26.9 Å². The molecule has 0 heterocycles. The summed E-state index contributed by atoms with van der Waals surface area (Å²) in [6.07, 6.45) is -2.11. The highest BCUT2D eigenvalue weighted by Gasteiger charge is 2.34. The molecule has 0 aliphatic carbocycles. The number of carbonyl (C=O) groups is 1. The van der Waals surface area contributed by atoms with Gasteiger partial charge in [0.2, 0.25) is 0 Å². The number of benzene rings is 3. The molecule has 0 spiro atoms. The van der Waals surface area contributed by atoms with Gasteiger partial charge in [-0.3, -0.25) is 4.57 Å². The standard InChI is InChI=1S/C26H29O7P/c1-29-25(21-14-8-5-9-15-21)26(27)33-24(19-34(28,30-2)31-3)22-16-10-11-17-23(22)32-18-20-12-6-4-7-13-20/h4-17,24-25H,18-19H2,1-3H3/t24-,25+/m1/s1. The van der Waals surface area contributed by atoms with E-state index in [1.54, 1.807) is 30.3 Å². The fourth-order valence-corrected chi connectivity index (χ4v) is 4.56. The molecule has 3 aromatic carbocycles. The lowest BCUT2D eigenvalue weighted by atomic mass is 10.1. The van der Waals surface area contributed by atoms with E-state index in [0.717, 1.165) is 5.56 Å². The minimum absolute atomic E-state index is 0.192. The maximum atomic E-state index is 13.2. The summed E-state index contributed by atoms with van der Waals surface area (Å²) in [7, 11) is 0.480. The van der Waals surface area contributed by atoms with Crippen molar-refractivity contribution in [2.24, 2.45) is 0 Å². The molecule has 3 rings (SSSR count). The summed E-state index contributed by atoms with van der Waals surface area (Å²) in [6, 6.07) is 25.8. The Morgan fingerprint density at radius 2 is 1.41 bits per heavy atom. The minimum atomic E-state index is -3.54. The van der Waals surface area contributed by atoms with E-state index in [9.17, 15) is 9.36 Å². The number of hydrogen-bond acceptors (Lipinski definition) is 7. The lowest BCUT2D eigenvalue weighted by Crippen LogP contribution is -2.23. The van der Waals surface area contributed by atoms with E-state index < -0.39 is 25.8 Å². The summed E-state index contributed by atoms with van der Waals surface area (Å²) in [4.78, 5) is 13.2. The molecule has 0 bridgehead atoms. The molecule has 0 radical (unpaired) electrons. The van der Waals surface area contributed by atoms with Gasteiger partial charge in [0.1, 0.15) is 18.5 Å². The summed E-state index contributed by atoms with van der Waals surface area (Å²) >= 11 is 0. The molecule has 3 aromatic rings. The van der Waals surface area contributed by atoms with Crippen molar-refractivity contribution in [1.29, 1.82) is 0 Å². The van der Waals surface area contributed by atoms with Crippen molar-refractivity contribution < 1.29 is 32.6 Å². The van der Waals surface area contributed by atoms with Gasteiger partial charge in [-0.25, -0.2) is 4.79 Å². The highest BCUT2D eigenvalue weighted by Crippen LogP contribution is 2.51. The van der Waals surface area contributed by atoms with Crippen LogP contribution in [0.4, 0.5) is 0 Å². The Morgan fingerprint density at radius 1 is 0.824 bits per heavy atom. The summed E-state index contributed by atoms with van der Waals surface area (Å²) in [5.74, 6) is -0.132. The molecule has 180 valence electrons. The third kappa shape index (κ3) is 6.78. The lowest BCUT2D eigenvalue weighted by Gasteiger charge is -2.25. The third-order valence-corrected chi connectivity index (χ3v) is 7.15. The number of hydrogen-bond donors (Lipinski definition) is 0. The molecule has 2 atom stereocenters. The van der Waals surface area contributed by atoms with Gasteiger partial charge in [0.05, 0.1) is 6.16 Å². The Balaban J connectivity index is 1.90. The Kier molecular flexibility index (Phi) is 9.42. The van der Waals surface area contributed by atoms with Crippen LogP contribution < -0.4 is 4.74 Å². The van der Waals surface area contributed by atoms with Crippen LogP contribution in [0.15, 0.2) is 84.9 Å². The number of esters is 1. The fraction of sp³-hybridized carbons (Fsp3) is 0.269. The zero-order chi connectivity index (χ0) is 24.4. The monoisotopic (exact) mass is 484 g/mol. The third-order valence-electron chi connectivity index (χ3n) is 5.26. The predicted octanol–water partition coefficient (Wildman–Crippen LogP) is 5.72. The van der Waals surface area contributed by atoms with Crippen LogP contribution in [-0.4, -0.2) is 33.5 Å². The first-order valence-corrected chi connectivity index (χ1v) is 12.5. The van der Waals surface area contributed by atoms with Crippen molar-refractivity contribution in [3.05, 3.63) is 102 Å². The van der Waals surface area contributed by atoms with E-state index in [1.807, 2.05) is 54.6 Å². The fourth-order valence-electron chi connectivity index (χ4n) is 3.44. The van der Waals surface area contributed by atoms with Crippen LogP contribution in [0.25, 0.3) is 0 Å². The molecule has 0 unspecified atom stereocenters. The molecule has 34 heavy (non-hydrogen) atoms. The van der Waals surface area contributed by atoms with E-state index in [0.29, 0.717) is 23.5 Å². The molecule has 0 aromatic heterocycles. The Bertz CT molecular complexity index is 1080. The van der Waals surface area contributed by atoms with Crippen LogP contribution >= 0.6 is 7.60 Å². The molecule has 0 saturated carbocycles. The molecule has 0 aliphatic heterocycles. The zero-order valence-electron chi connectivity index (χ0n) is 19.5. The van der Waals surface area contributed by atoms with Crippen molar-refractivity contribution in [3.63, 3.8) is 0 Å². The van der Waals surface area contributed by atoms with Crippen molar-refractivity contribution in [3.8, 4) is 5.75 Å². The number of carbonyl (C=O) groups excluding carboxylic acids is 1. The Labute approximate surface area is 200 Å². The van der Waals surface area contributed by atoms with Gasteiger partial charge in [0.15, 0.2) is 6.10 Å². The topological polar surface area (TPSA) is 80.3 Å². The Morgan fingerprint density at radius 3 is 2.03 bits per heavy atom. The molecule has 0 saturated heterocycles. The van der Waals surface area contributed by atoms with Gasteiger partial charge in [-0.15, -0.1) is 0 Å². The minimum Gasteiger partial charge on any atom is -0.488 e. The predicted molar refractivity (Wildman–Crippen MR) is 129 cm³/mol. The lowest BCUT2D eigenvalue weighted by molar-refractivity contribution is -0.161. The highest BCUT2D eigenvalue weighted by atomic mass is 31.2. The number of methoxy groups -OCH3 is 1. The first-order chi connectivity index (χ1) is 16.5. The van der Waals surface area contributed by atoms with Crippen molar-refractivity contribution in [2.75, 3.05) is 27.5 Å². The summed E-state index contributed by atoms with van der Waals surface area (Å²) < 4.78 is 40.6. The van der Waals surface area contributed by atoms with Crippen molar-refractivity contribution in [2.45, 2.75) is 18.8 Å². The second-order valence-corrected chi connectivity index (χ2v) is 9.74. The first-order valence-electron chi connectivity index (χ1n) is 10.7.